The van der Waals surface area contributed by atoms with Gasteiger partial charge in [0.1, 0.15) is 12.6 Å². The van der Waals surface area contributed by atoms with Gasteiger partial charge in [0.05, 0.1) is 0 Å². The smallest absolute Gasteiger partial charge is 0.328 e. The van der Waals surface area contributed by atoms with Gasteiger partial charge in [0, 0.05) is 12.1 Å². The minimum absolute atomic E-state index is 0.0434. The fourth-order valence-electron chi connectivity index (χ4n) is 2.24. The standard InChI is InChI=1S/C11H17N3O4/c1-11(3-2-4-11)13-10(18)14-6-8(15)12-5-7(14)9(16)17/h7H,2-6H2,1H3,(H,12,15)(H,13,18)(H,16,17). The summed E-state index contributed by atoms with van der Waals surface area (Å²) >= 11 is 0. The highest BCUT2D eigenvalue weighted by Crippen LogP contribution is 2.31. The molecular formula is C11H17N3O4. The average molecular weight is 255 g/mol. The number of piperazine rings is 1. The lowest BCUT2D eigenvalue weighted by molar-refractivity contribution is -0.144. The molecule has 2 rings (SSSR count). The maximum atomic E-state index is 12.0. The zero-order chi connectivity index (χ0) is 13.3. The number of amides is 3. The van der Waals surface area contributed by atoms with Crippen molar-refractivity contribution in [3.63, 3.8) is 0 Å². The topological polar surface area (TPSA) is 98.7 Å². The molecule has 2 fully saturated rings. The summed E-state index contributed by atoms with van der Waals surface area (Å²) in [5, 5.41) is 14.3. The summed E-state index contributed by atoms with van der Waals surface area (Å²) in [6.45, 7) is 1.67. The molecule has 0 radical (unpaired) electrons. The van der Waals surface area contributed by atoms with E-state index in [-0.39, 0.29) is 24.5 Å². The summed E-state index contributed by atoms with van der Waals surface area (Å²) in [4.78, 5) is 35.4. The van der Waals surface area contributed by atoms with Gasteiger partial charge >= 0.3 is 12.0 Å². The van der Waals surface area contributed by atoms with Gasteiger partial charge in [0.15, 0.2) is 0 Å². The van der Waals surface area contributed by atoms with Gasteiger partial charge in [0.2, 0.25) is 5.91 Å². The molecule has 1 atom stereocenters. The van der Waals surface area contributed by atoms with Crippen LogP contribution in [0.3, 0.4) is 0 Å². The number of aliphatic carboxylic acids is 1. The van der Waals surface area contributed by atoms with E-state index in [9.17, 15) is 14.4 Å². The number of carbonyl (C=O) groups excluding carboxylic acids is 2. The number of hydrogen-bond donors (Lipinski definition) is 3. The Hall–Kier alpha value is -1.79. The van der Waals surface area contributed by atoms with E-state index in [1.807, 2.05) is 6.92 Å². The van der Waals surface area contributed by atoms with Crippen molar-refractivity contribution in [3.05, 3.63) is 0 Å². The molecule has 0 aromatic rings. The molecule has 1 aliphatic carbocycles. The summed E-state index contributed by atoms with van der Waals surface area (Å²) in [7, 11) is 0. The predicted molar refractivity (Wildman–Crippen MR) is 61.9 cm³/mol. The van der Waals surface area contributed by atoms with Crippen molar-refractivity contribution in [1.29, 1.82) is 0 Å². The number of carboxylic acid groups (broad SMARTS) is 1. The average Bonchev–Trinajstić information content (AvgIpc) is 2.26. The van der Waals surface area contributed by atoms with Gasteiger partial charge in [-0.2, -0.15) is 0 Å². The lowest BCUT2D eigenvalue weighted by atomic mass is 9.79. The van der Waals surface area contributed by atoms with Gasteiger partial charge in [-0.05, 0) is 26.2 Å². The molecule has 7 heteroatoms. The zero-order valence-electron chi connectivity index (χ0n) is 10.2. The number of hydrogen-bond acceptors (Lipinski definition) is 3. The molecular weight excluding hydrogens is 238 g/mol. The Morgan fingerprint density at radius 3 is 2.67 bits per heavy atom. The Kier molecular flexibility index (Phi) is 3.14. The van der Waals surface area contributed by atoms with E-state index in [0.717, 1.165) is 24.2 Å². The third-order valence-corrected chi connectivity index (χ3v) is 3.59. The quantitative estimate of drug-likeness (QED) is 0.621. The lowest BCUT2D eigenvalue weighted by Gasteiger charge is -2.42. The second kappa shape index (κ2) is 4.47. The Morgan fingerprint density at radius 2 is 2.17 bits per heavy atom. The van der Waals surface area contributed by atoms with E-state index >= 15 is 0 Å². The van der Waals surface area contributed by atoms with E-state index in [1.165, 1.54) is 0 Å². The van der Waals surface area contributed by atoms with Crippen molar-refractivity contribution >= 4 is 17.9 Å². The van der Waals surface area contributed by atoms with Gasteiger partial charge in [-0.25, -0.2) is 9.59 Å². The number of rotatable bonds is 2. The molecule has 0 aromatic carbocycles. The molecule has 1 saturated heterocycles. The Bertz CT molecular complexity index is 392. The highest BCUT2D eigenvalue weighted by Gasteiger charge is 2.39. The maximum Gasteiger partial charge on any atom is 0.328 e. The molecule has 1 saturated carbocycles. The molecule has 1 aliphatic heterocycles. The zero-order valence-corrected chi connectivity index (χ0v) is 10.2. The lowest BCUT2D eigenvalue weighted by Crippen LogP contribution is -2.64. The Labute approximate surface area is 105 Å². The molecule has 1 unspecified atom stereocenters. The Morgan fingerprint density at radius 1 is 1.50 bits per heavy atom. The highest BCUT2D eigenvalue weighted by atomic mass is 16.4. The van der Waals surface area contributed by atoms with Crippen LogP contribution in [0.2, 0.25) is 0 Å². The van der Waals surface area contributed by atoms with E-state index in [0.29, 0.717) is 0 Å². The first kappa shape index (κ1) is 12.7. The van der Waals surface area contributed by atoms with Crippen molar-refractivity contribution in [1.82, 2.24) is 15.5 Å². The Balaban J connectivity index is 2.04. The van der Waals surface area contributed by atoms with Gasteiger partial charge < -0.3 is 15.7 Å². The minimum atomic E-state index is -1.11. The third kappa shape index (κ3) is 2.39. The summed E-state index contributed by atoms with van der Waals surface area (Å²) in [6, 6.07) is -1.47. The normalized spacial score (nSPS) is 25.9. The van der Waals surface area contributed by atoms with Crippen LogP contribution in [0.1, 0.15) is 26.2 Å². The van der Waals surface area contributed by atoms with Crippen molar-refractivity contribution in [3.8, 4) is 0 Å². The second-order valence-corrected chi connectivity index (χ2v) is 5.13. The number of nitrogens with zero attached hydrogens (tertiary/aromatic N) is 1. The van der Waals surface area contributed by atoms with Crippen LogP contribution in [0.5, 0.6) is 0 Å². The van der Waals surface area contributed by atoms with Crippen LogP contribution in [0.25, 0.3) is 0 Å². The third-order valence-electron chi connectivity index (χ3n) is 3.59. The SMILES string of the molecule is CC1(NC(=O)N2CC(=O)NCC2C(=O)O)CCC1. The van der Waals surface area contributed by atoms with Gasteiger partial charge in [-0.3, -0.25) is 9.69 Å². The molecule has 18 heavy (non-hydrogen) atoms. The molecule has 2 aliphatic rings. The number of carboxylic acids is 1. The van der Waals surface area contributed by atoms with Gasteiger partial charge in [-0.15, -0.1) is 0 Å². The van der Waals surface area contributed by atoms with Crippen molar-refractivity contribution in [2.75, 3.05) is 13.1 Å². The van der Waals surface area contributed by atoms with Crippen LogP contribution in [-0.2, 0) is 9.59 Å². The van der Waals surface area contributed by atoms with E-state index < -0.39 is 18.0 Å². The van der Waals surface area contributed by atoms with Crippen LogP contribution >= 0.6 is 0 Å². The number of carbonyl (C=O) groups is 3. The molecule has 0 spiro atoms. The van der Waals surface area contributed by atoms with Crippen LogP contribution in [-0.4, -0.2) is 52.6 Å². The fraction of sp³-hybridized carbons (Fsp3) is 0.727. The maximum absolute atomic E-state index is 12.0. The van der Waals surface area contributed by atoms with Gasteiger partial charge in [0.25, 0.3) is 0 Å². The van der Waals surface area contributed by atoms with E-state index in [1.54, 1.807) is 0 Å². The summed E-state index contributed by atoms with van der Waals surface area (Å²) in [5.41, 5.74) is -0.256. The van der Waals surface area contributed by atoms with Crippen molar-refractivity contribution in [2.45, 2.75) is 37.8 Å². The molecule has 1 heterocycles. The molecule has 0 aromatic heterocycles. The summed E-state index contributed by atoms with van der Waals surface area (Å²) < 4.78 is 0. The monoisotopic (exact) mass is 255 g/mol. The van der Waals surface area contributed by atoms with Crippen LogP contribution < -0.4 is 10.6 Å². The fourth-order valence-corrected chi connectivity index (χ4v) is 2.24. The summed E-state index contributed by atoms with van der Waals surface area (Å²) in [6.07, 6.45) is 2.83. The molecule has 100 valence electrons. The first-order chi connectivity index (χ1) is 8.41. The molecule has 3 N–H and O–H groups in total. The summed E-state index contributed by atoms with van der Waals surface area (Å²) in [5.74, 6) is -1.44. The number of nitrogens with one attached hydrogen (secondary N) is 2. The van der Waals surface area contributed by atoms with Crippen LogP contribution in [0.15, 0.2) is 0 Å². The van der Waals surface area contributed by atoms with E-state index in [2.05, 4.69) is 10.6 Å². The highest BCUT2D eigenvalue weighted by molar-refractivity contribution is 5.90. The van der Waals surface area contributed by atoms with Crippen molar-refractivity contribution < 1.29 is 19.5 Å². The van der Waals surface area contributed by atoms with Crippen LogP contribution in [0, 0.1) is 0 Å². The van der Waals surface area contributed by atoms with Crippen molar-refractivity contribution in [2.24, 2.45) is 0 Å². The molecule has 0 bridgehead atoms. The van der Waals surface area contributed by atoms with Crippen LogP contribution in [0.4, 0.5) is 4.79 Å². The second-order valence-electron chi connectivity index (χ2n) is 5.13. The first-order valence-electron chi connectivity index (χ1n) is 6.00. The predicted octanol–water partition coefficient (Wildman–Crippen LogP) is -0.476. The number of urea groups is 1. The molecule has 7 nitrogen and oxygen atoms in total. The molecule has 3 amide bonds. The van der Waals surface area contributed by atoms with Gasteiger partial charge in [-0.1, -0.05) is 0 Å². The first-order valence-corrected chi connectivity index (χ1v) is 6.00. The minimum Gasteiger partial charge on any atom is -0.480 e. The largest absolute Gasteiger partial charge is 0.480 e. The van der Waals surface area contributed by atoms with E-state index in [4.69, 9.17) is 5.11 Å².